The normalized spacial score (nSPS) is 13.6. The second kappa shape index (κ2) is 4.49. The van der Waals surface area contributed by atoms with E-state index in [4.69, 9.17) is 10.3 Å². The number of hydrogen-bond acceptors (Lipinski definition) is 5. The van der Waals surface area contributed by atoms with Crippen molar-refractivity contribution in [2.24, 2.45) is 11.1 Å². The van der Waals surface area contributed by atoms with Gasteiger partial charge in [0, 0.05) is 11.9 Å². The molecule has 1 atom stereocenters. The fourth-order valence-corrected chi connectivity index (χ4v) is 1.57. The van der Waals surface area contributed by atoms with Gasteiger partial charge < -0.3 is 10.3 Å². The number of nitrogens with two attached hydrogens (primary N) is 1. The van der Waals surface area contributed by atoms with E-state index in [-0.39, 0.29) is 11.5 Å². The molecule has 2 N–H and O–H groups in total. The van der Waals surface area contributed by atoms with Crippen molar-refractivity contribution in [3.8, 4) is 11.5 Å². The van der Waals surface area contributed by atoms with Crippen LogP contribution in [-0.2, 0) is 0 Å². The highest BCUT2D eigenvalue weighted by Gasteiger charge is 2.27. The van der Waals surface area contributed by atoms with Gasteiger partial charge in [-0.2, -0.15) is 4.98 Å². The predicted molar refractivity (Wildman–Crippen MR) is 68.6 cm³/mol. The van der Waals surface area contributed by atoms with Crippen molar-refractivity contribution in [2.75, 3.05) is 0 Å². The third kappa shape index (κ3) is 2.41. The number of hydrogen-bond donors (Lipinski definition) is 1. The Kier molecular flexibility index (Phi) is 3.17. The number of nitrogens with zero attached hydrogens (tertiary/aromatic N) is 3. The van der Waals surface area contributed by atoms with Crippen LogP contribution in [0.5, 0.6) is 0 Å². The number of aromatic nitrogens is 3. The van der Waals surface area contributed by atoms with Gasteiger partial charge in [0.25, 0.3) is 5.89 Å². The Morgan fingerprint density at radius 2 is 2.06 bits per heavy atom. The molecule has 0 aliphatic heterocycles. The van der Waals surface area contributed by atoms with Crippen molar-refractivity contribution in [2.45, 2.75) is 33.7 Å². The first-order valence-corrected chi connectivity index (χ1v) is 5.91. The van der Waals surface area contributed by atoms with Gasteiger partial charge in [0.15, 0.2) is 5.82 Å². The van der Waals surface area contributed by atoms with Crippen LogP contribution in [0.15, 0.2) is 22.9 Å². The van der Waals surface area contributed by atoms with Crippen LogP contribution in [0, 0.1) is 12.3 Å². The molecule has 18 heavy (non-hydrogen) atoms. The molecule has 5 heteroatoms. The summed E-state index contributed by atoms with van der Waals surface area (Å²) in [7, 11) is 0. The van der Waals surface area contributed by atoms with Gasteiger partial charge in [-0.25, -0.2) is 0 Å². The minimum absolute atomic E-state index is 0.106. The lowest BCUT2D eigenvalue weighted by molar-refractivity contribution is 0.303. The minimum atomic E-state index is -0.257. The summed E-state index contributed by atoms with van der Waals surface area (Å²) in [5.41, 5.74) is 7.70. The van der Waals surface area contributed by atoms with Crippen LogP contribution in [0.25, 0.3) is 11.5 Å². The Bertz CT molecular complexity index is 542. The van der Waals surface area contributed by atoms with Crippen molar-refractivity contribution in [1.29, 1.82) is 0 Å². The van der Waals surface area contributed by atoms with Crippen LogP contribution in [0.2, 0.25) is 0 Å². The molecule has 0 fully saturated rings. The molecule has 0 bridgehead atoms. The van der Waals surface area contributed by atoms with Gasteiger partial charge in [-0.3, -0.25) is 4.98 Å². The van der Waals surface area contributed by atoms with Crippen LogP contribution in [0.3, 0.4) is 0 Å². The SMILES string of the molecule is Cc1ncccc1-c1nc(C(N)C(C)(C)C)no1. The first kappa shape index (κ1) is 12.7. The number of aryl methyl sites for hydroxylation is 1. The molecule has 5 nitrogen and oxygen atoms in total. The quantitative estimate of drug-likeness (QED) is 0.880. The van der Waals surface area contributed by atoms with Gasteiger partial charge in [0.1, 0.15) is 0 Å². The van der Waals surface area contributed by atoms with Gasteiger partial charge in [0.2, 0.25) is 0 Å². The summed E-state index contributed by atoms with van der Waals surface area (Å²) in [5.74, 6) is 0.996. The third-order valence-electron chi connectivity index (χ3n) is 2.89. The van der Waals surface area contributed by atoms with E-state index in [1.165, 1.54) is 0 Å². The lowest BCUT2D eigenvalue weighted by Crippen LogP contribution is -2.27. The van der Waals surface area contributed by atoms with Crippen molar-refractivity contribution in [3.05, 3.63) is 29.8 Å². The second-order valence-corrected chi connectivity index (χ2v) is 5.44. The molecule has 0 aliphatic carbocycles. The fraction of sp³-hybridized carbons (Fsp3) is 0.462. The highest BCUT2D eigenvalue weighted by atomic mass is 16.5. The maximum atomic E-state index is 6.10. The molecule has 1 unspecified atom stereocenters. The Labute approximate surface area is 106 Å². The van der Waals surface area contributed by atoms with Crippen LogP contribution >= 0.6 is 0 Å². The number of pyridine rings is 1. The Morgan fingerprint density at radius 3 is 2.67 bits per heavy atom. The Balaban J connectivity index is 2.35. The maximum Gasteiger partial charge on any atom is 0.259 e. The van der Waals surface area contributed by atoms with Crippen LogP contribution in [0.1, 0.15) is 38.3 Å². The molecular formula is C13H18N4O. The number of rotatable bonds is 2. The van der Waals surface area contributed by atoms with Crippen LogP contribution in [-0.4, -0.2) is 15.1 Å². The standard InChI is InChI=1S/C13H18N4O/c1-8-9(6-5-7-15-8)12-16-11(17-18-12)10(14)13(2,3)4/h5-7,10H,14H2,1-4H3. The minimum Gasteiger partial charge on any atom is -0.334 e. The van der Waals surface area contributed by atoms with E-state index < -0.39 is 0 Å². The third-order valence-corrected chi connectivity index (χ3v) is 2.89. The highest BCUT2D eigenvalue weighted by Crippen LogP contribution is 2.30. The van der Waals surface area contributed by atoms with Gasteiger partial charge in [-0.15, -0.1) is 0 Å². The van der Waals surface area contributed by atoms with E-state index in [1.54, 1.807) is 6.20 Å². The molecule has 96 valence electrons. The van der Waals surface area contributed by atoms with Gasteiger partial charge in [-0.05, 0) is 24.5 Å². The highest BCUT2D eigenvalue weighted by molar-refractivity contribution is 5.55. The van der Waals surface area contributed by atoms with Gasteiger partial charge in [-0.1, -0.05) is 25.9 Å². The molecule has 0 aliphatic rings. The van der Waals surface area contributed by atoms with E-state index in [0.29, 0.717) is 11.7 Å². The molecule has 2 aromatic rings. The Morgan fingerprint density at radius 1 is 1.33 bits per heavy atom. The van der Waals surface area contributed by atoms with Crippen LogP contribution in [0.4, 0.5) is 0 Å². The largest absolute Gasteiger partial charge is 0.334 e. The zero-order chi connectivity index (χ0) is 13.3. The molecule has 2 heterocycles. The van der Waals surface area contributed by atoms with E-state index in [0.717, 1.165) is 11.3 Å². The monoisotopic (exact) mass is 246 g/mol. The molecule has 0 saturated carbocycles. The van der Waals surface area contributed by atoms with E-state index in [1.807, 2.05) is 39.8 Å². The van der Waals surface area contributed by atoms with Crippen molar-refractivity contribution >= 4 is 0 Å². The van der Waals surface area contributed by atoms with Crippen molar-refractivity contribution in [1.82, 2.24) is 15.1 Å². The van der Waals surface area contributed by atoms with E-state index >= 15 is 0 Å². The summed E-state index contributed by atoms with van der Waals surface area (Å²) in [6.07, 6.45) is 1.73. The average molecular weight is 246 g/mol. The topological polar surface area (TPSA) is 77.8 Å². The van der Waals surface area contributed by atoms with Gasteiger partial charge >= 0.3 is 0 Å². The Hall–Kier alpha value is -1.75. The van der Waals surface area contributed by atoms with Crippen LogP contribution < -0.4 is 5.73 Å². The molecule has 0 saturated heterocycles. The summed E-state index contributed by atoms with van der Waals surface area (Å²) < 4.78 is 5.27. The van der Waals surface area contributed by atoms with Crippen molar-refractivity contribution in [3.63, 3.8) is 0 Å². The van der Waals surface area contributed by atoms with E-state index in [9.17, 15) is 0 Å². The molecule has 0 aromatic carbocycles. The second-order valence-electron chi connectivity index (χ2n) is 5.44. The zero-order valence-corrected chi connectivity index (χ0v) is 11.1. The zero-order valence-electron chi connectivity index (χ0n) is 11.1. The first-order chi connectivity index (χ1) is 8.39. The summed E-state index contributed by atoms with van der Waals surface area (Å²) in [6, 6.07) is 3.49. The average Bonchev–Trinajstić information content (AvgIpc) is 2.76. The van der Waals surface area contributed by atoms with E-state index in [2.05, 4.69) is 15.1 Å². The van der Waals surface area contributed by atoms with Crippen molar-refractivity contribution < 1.29 is 4.52 Å². The molecular weight excluding hydrogens is 228 g/mol. The fourth-order valence-electron chi connectivity index (χ4n) is 1.57. The molecule has 0 spiro atoms. The predicted octanol–water partition coefficient (Wildman–Crippen LogP) is 2.49. The molecule has 0 radical (unpaired) electrons. The summed E-state index contributed by atoms with van der Waals surface area (Å²) in [5, 5.41) is 3.96. The maximum absolute atomic E-state index is 6.10. The lowest BCUT2D eigenvalue weighted by atomic mass is 9.87. The molecule has 2 aromatic heterocycles. The molecule has 0 amide bonds. The summed E-state index contributed by atoms with van der Waals surface area (Å²) in [4.78, 5) is 8.56. The first-order valence-electron chi connectivity index (χ1n) is 5.91. The van der Waals surface area contributed by atoms with Gasteiger partial charge in [0.05, 0.1) is 11.6 Å². The lowest BCUT2D eigenvalue weighted by Gasteiger charge is -2.23. The summed E-state index contributed by atoms with van der Waals surface area (Å²) >= 11 is 0. The molecule has 2 rings (SSSR count). The summed E-state index contributed by atoms with van der Waals surface area (Å²) in [6.45, 7) is 8.04. The smallest absolute Gasteiger partial charge is 0.259 e.